The first-order valence-corrected chi connectivity index (χ1v) is 10.1. The van der Waals surface area contributed by atoms with Crippen LogP contribution >= 0.6 is 12.4 Å². The first kappa shape index (κ1) is 19.1. The van der Waals surface area contributed by atoms with Crippen molar-refractivity contribution in [2.45, 2.75) is 43.9 Å². The number of nitrogens with one attached hydrogen (secondary N) is 1. The van der Waals surface area contributed by atoms with E-state index in [0.29, 0.717) is 12.2 Å². The SMILES string of the molecule is CCC(=O)C1CC2(CCN(c3cc4ccccc4[nH]3)CC2)c2ccccc21.Cl. The minimum Gasteiger partial charge on any atom is -0.358 e. The van der Waals surface area contributed by atoms with E-state index in [9.17, 15) is 4.79 Å². The minimum absolute atomic E-state index is 0. The van der Waals surface area contributed by atoms with E-state index < -0.39 is 0 Å². The highest BCUT2D eigenvalue weighted by Gasteiger charge is 2.46. The summed E-state index contributed by atoms with van der Waals surface area (Å²) in [6.45, 7) is 4.07. The summed E-state index contributed by atoms with van der Waals surface area (Å²) in [6.07, 6.45) is 3.87. The molecule has 0 amide bonds. The Kier molecular flexibility index (Phi) is 4.96. The molecule has 2 heterocycles. The third kappa shape index (κ3) is 2.93. The number of nitrogens with zero attached hydrogens (tertiary/aromatic N) is 1. The second-order valence-electron chi connectivity index (χ2n) is 8.17. The van der Waals surface area contributed by atoms with Crippen molar-refractivity contribution in [1.29, 1.82) is 0 Å². The normalized spacial score (nSPS) is 20.2. The van der Waals surface area contributed by atoms with Gasteiger partial charge in [0.15, 0.2) is 0 Å². The Hall–Kier alpha value is -2.26. The number of H-pyrrole nitrogens is 1. The zero-order valence-corrected chi connectivity index (χ0v) is 17.1. The zero-order valence-electron chi connectivity index (χ0n) is 16.3. The van der Waals surface area contributed by atoms with Crippen LogP contribution in [0.5, 0.6) is 0 Å². The van der Waals surface area contributed by atoms with Crippen LogP contribution in [-0.4, -0.2) is 23.9 Å². The summed E-state index contributed by atoms with van der Waals surface area (Å²) < 4.78 is 0. The van der Waals surface area contributed by atoms with Gasteiger partial charge < -0.3 is 9.88 Å². The van der Waals surface area contributed by atoms with Crippen molar-refractivity contribution in [3.8, 4) is 0 Å². The van der Waals surface area contributed by atoms with Crippen LogP contribution in [0.25, 0.3) is 10.9 Å². The maximum Gasteiger partial charge on any atom is 0.140 e. The highest BCUT2D eigenvalue weighted by Crippen LogP contribution is 2.52. The topological polar surface area (TPSA) is 36.1 Å². The molecule has 0 radical (unpaired) electrons. The van der Waals surface area contributed by atoms with Crippen LogP contribution in [0, 0.1) is 0 Å². The lowest BCUT2D eigenvalue weighted by Gasteiger charge is -2.41. The van der Waals surface area contributed by atoms with Crippen LogP contribution in [0.1, 0.15) is 49.7 Å². The Morgan fingerprint density at radius 2 is 1.82 bits per heavy atom. The molecule has 1 unspecified atom stereocenters. The molecule has 1 aliphatic carbocycles. The van der Waals surface area contributed by atoms with E-state index in [1.54, 1.807) is 0 Å². The Labute approximate surface area is 172 Å². The summed E-state index contributed by atoms with van der Waals surface area (Å²) >= 11 is 0. The second-order valence-corrected chi connectivity index (χ2v) is 8.17. The Bertz CT molecular complexity index is 968. The lowest BCUT2D eigenvalue weighted by Crippen LogP contribution is -2.42. The molecule has 0 saturated carbocycles. The quantitative estimate of drug-likeness (QED) is 0.628. The molecule has 3 aromatic rings. The van der Waals surface area contributed by atoms with Gasteiger partial charge in [-0.3, -0.25) is 4.79 Å². The Balaban J connectivity index is 0.00000192. The maximum atomic E-state index is 12.6. The number of carbonyl (C=O) groups excluding carboxylic acids is 1. The van der Waals surface area contributed by atoms with Gasteiger partial charge in [0.2, 0.25) is 0 Å². The van der Waals surface area contributed by atoms with Crippen LogP contribution < -0.4 is 4.90 Å². The van der Waals surface area contributed by atoms with Crippen molar-refractivity contribution < 1.29 is 4.79 Å². The highest BCUT2D eigenvalue weighted by atomic mass is 35.5. The highest BCUT2D eigenvalue weighted by molar-refractivity contribution is 5.87. The molecular formula is C24H27ClN2O. The van der Waals surface area contributed by atoms with Gasteiger partial charge in [0, 0.05) is 36.3 Å². The number of carbonyl (C=O) groups is 1. The van der Waals surface area contributed by atoms with Gasteiger partial charge in [0.25, 0.3) is 0 Å². The second kappa shape index (κ2) is 7.29. The average Bonchev–Trinajstić information content (AvgIpc) is 3.28. The van der Waals surface area contributed by atoms with Crippen LogP contribution in [0.2, 0.25) is 0 Å². The molecule has 2 aliphatic rings. The van der Waals surface area contributed by atoms with Gasteiger partial charge in [-0.05, 0) is 47.9 Å². The molecule has 146 valence electrons. The van der Waals surface area contributed by atoms with E-state index in [1.165, 1.54) is 27.8 Å². The van der Waals surface area contributed by atoms with Crippen molar-refractivity contribution >= 4 is 34.9 Å². The summed E-state index contributed by atoms with van der Waals surface area (Å²) in [5.41, 5.74) is 4.11. The molecule has 1 N–H and O–H groups in total. The van der Waals surface area contributed by atoms with Gasteiger partial charge >= 0.3 is 0 Å². The smallest absolute Gasteiger partial charge is 0.140 e. The van der Waals surface area contributed by atoms with E-state index in [-0.39, 0.29) is 23.7 Å². The van der Waals surface area contributed by atoms with Crippen molar-refractivity contribution in [3.63, 3.8) is 0 Å². The molecule has 0 bridgehead atoms. The molecule has 1 aliphatic heterocycles. The first-order chi connectivity index (χ1) is 13.2. The summed E-state index contributed by atoms with van der Waals surface area (Å²) in [5, 5.41) is 1.27. The molecule has 1 spiro atoms. The van der Waals surface area contributed by atoms with Crippen molar-refractivity contribution in [3.05, 3.63) is 65.7 Å². The van der Waals surface area contributed by atoms with Crippen molar-refractivity contribution in [2.75, 3.05) is 18.0 Å². The standard InChI is InChI=1S/C24H26N2O.ClH/c1-2-22(27)19-16-24(20-9-5-4-8-18(19)20)11-13-26(14-12-24)23-15-17-7-3-6-10-21(17)25-23;/h3-10,15,19,25H,2,11-14,16H2,1H3;1H. The van der Waals surface area contributed by atoms with Crippen LogP contribution in [0.4, 0.5) is 5.82 Å². The van der Waals surface area contributed by atoms with E-state index in [4.69, 9.17) is 0 Å². The molecule has 5 rings (SSSR count). The van der Waals surface area contributed by atoms with Crippen molar-refractivity contribution in [2.24, 2.45) is 0 Å². The Morgan fingerprint density at radius 3 is 2.57 bits per heavy atom. The Morgan fingerprint density at radius 1 is 1.11 bits per heavy atom. The first-order valence-electron chi connectivity index (χ1n) is 10.1. The van der Waals surface area contributed by atoms with E-state index >= 15 is 0 Å². The third-order valence-electron chi connectivity index (χ3n) is 6.82. The predicted octanol–water partition coefficient (Wildman–Crippen LogP) is 5.59. The zero-order chi connectivity index (χ0) is 18.4. The van der Waals surface area contributed by atoms with Gasteiger partial charge in [-0.1, -0.05) is 49.4 Å². The van der Waals surface area contributed by atoms with Crippen molar-refractivity contribution in [1.82, 2.24) is 4.98 Å². The lowest BCUT2D eigenvalue weighted by molar-refractivity contribution is -0.120. The lowest BCUT2D eigenvalue weighted by atomic mass is 9.73. The van der Waals surface area contributed by atoms with Gasteiger partial charge in [0.1, 0.15) is 11.6 Å². The fourth-order valence-corrected chi connectivity index (χ4v) is 5.31. The molecule has 3 nitrogen and oxygen atoms in total. The van der Waals surface area contributed by atoms with Gasteiger partial charge in [-0.25, -0.2) is 0 Å². The minimum atomic E-state index is 0. The average molecular weight is 395 g/mol. The molecular weight excluding hydrogens is 368 g/mol. The third-order valence-corrected chi connectivity index (χ3v) is 6.82. The van der Waals surface area contributed by atoms with Crippen LogP contribution in [0.15, 0.2) is 54.6 Å². The number of para-hydroxylation sites is 1. The van der Waals surface area contributed by atoms with E-state index in [2.05, 4.69) is 64.5 Å². The number of ketones is 1. The monoisotopic (exact) mass is 394 g/mol. The molecule has 1 atom stereocenters. The van der Waals surface area contributed by atoms with Crippen LogP contribution in [-0.2, 0) is 10.2 Å². The fourth-order valence-electron chi connectivity index (χ4n) is 5.31. The molecule has 2 aromatic carbocycles. The predicted molar refractivity (Wildman–Crippen MR) is 118 cm³/mol. The molecule has 4 heteroatoms. The molecule has 1 fully saturated rings. The summed E-state index contributed by atoms with van der Waals surface area (Å²) in [7, 11) is 0. The number of hydrogen-bond donors (Lipinski definition) is 1. The van der Waals surface area contributed by atoms with Gasteiger partial charge in [-0.15, -0.1) is 12.4 Å². The fraction of sp³-hybridized carbons (Fsp3) is 0.375. The molecule has 1 saturated heterocycles. The van der Waals surface area contributed by atoms with Gasteiger partial charge in [-0.2, -0.15) is 0 Å². The maximum absolute atomic E-state index is 12.6. The number of Topliss-reactive ketones (excluding diaryl/α,β-unsaturated/α-hetero) is 1. The number of aromatic amines is 1. The number of fused-ring (bicyclic) bond motifs is 3. The number of rotatable bonds is 3. The summed E-state index contributed by atoms with van der Waals surface area (Å²) in [4.78, 5) is 18.6. The number of aromatic nitrogens is 1. The number of hydrogen-bond acceptors (Lipinski definition) is 2. The molecule has 1 aromatic heterocycles. The number of halogens is 1. The summed E-state index contributed by atoms with van der Waals surface area (Å²) in [5.74, 6) is 1.72. The number of benzene rings is 2. The molecule has 28 heavy (non-hydrogen) atoms. The van der Waals surface area contributed by atoms with Gasteiger partial charge in [0.05, 0.1) is 0 Å². The number of piperidine rings is 1. The van der Waals surface area contributed by atoms with Crippen LogP contribution in [0.3, 0.4) is 0 Å². The largest absolute Gasteiger partial charge is 0.358 e. The summed E-state index contributed by atoms with van der Waals surface area (Å²) in [6, 6.07) is 19.4. The van der Waals surface area contributed by atoms with E-state index in [1.807, 2.05) is 6.92 Å². The number of anilines is 1. The van der Waals surface area contributed by atoms with E-state index in [0.717, 1.165) is 32.4 Å².